The first kappa shape index (κ1) is 18.7. The van der Waals surface area contributed by atoms with Crippen molar-refractivity contribution in [1.82, 2.24) is 23.6 Å². The van der Waals surface area contributed by atoms with Crippen LogP contribution in [-0.4, -0.2) is 36.2 Å². The van der Waals surface area contributed by atoms with Crippen LogP contribution in [0.3, 0.4) is 0 Å². The van der Waals surface area contributed by atoms with Crippen molar-refractivity contribution in [3.05, 3.63) is 62.6 Å². The van der Waals surface area contributed by atoms with Gasteiger partial charge in [-0.25, -0.2) is 9.78 Å². The van der Waals surface area contributed by atoms with Crippen LogP contribution in [0.5, 0.6) is 0 Å². The number of hydrogen-bond donors (Lipinski definition) is 0. The number of likely N-dealkylation sites (tertiary alicyclic amines) is 1. The Hall–Kier alpha value is -2.67. The molecule has 7 heteroatoms. The number of rotatable bonds is 4. The van der Waals surface area contributed by atoms with E-state index in [2.05, 4.69) is 11.8 Å². The van der Waals surface area contributed by atoms with Crippen molar-refractivity contribution < 1.29 is 0 Å². The molecule has 1 fully saturated rings. The van der Waals surface area contributed by atoms with Gasteiger partial charge in [0.1, 0.15) is 5.82 Å². The largest absolute Gasteiger partial charge is 0.332 e. The molecule has 3 aromatic rings. The molecule has 3 heterocycles. The summed E-state index contributed by atoms with van der Waals surface area (Å²) in [4.78, 5) is 32.5. The normalized spacial score (nSPS) is 18.0. The molecule has 0 radical (unpaired) electrons. The van der Waals surface area contributed by atoms with E-state index in [0.29, 0.717) is 30.3 Å². The van der Waals surface area contributed by atoms with Crippen molar-refractivity contribution in [2.24, 2.45) is 14.1 Å². The Balaban J connectivity index is 1.88. The van der Waals surface area contributed by atoms with E-state index < -0.39 is 0 Å². The average Bonchev–Trinajstić information content (AvgIpc) is 3.05. The first-order valence-electron chi connectivity index (χ1n) is 9.90. The molecule has 4 rings (SSSR count). The van der Waals surface area contributed by atoms with Crippen LogP contribution in [-0.2, 0) is 27.2 Å². The summed E-state index contributed by atoms with van der Waals surface area (Å²) in [7, 11) is 3.20. The number of hydrogen-bond acceptors (Lipinski definition) is 4. The van der Waals surface area contributed by atoms with E-state index in [1.54, 1.807) is 7.05 Å². The van der Waals surface area contributed by atoms with Gasteiger partial charge in [0.05, 0.1) is 6.54 Å². The number of fused-ring (bicyclic) bond motifs is 1. The number of aryl methyl sites for hydroxylation is 1. The van der Waals surface area contributed by atoms with Gasteiger partial charge in [-0.1, -0.05) is 36.8 Å². The lowest BCUT2D eigenvalue weighted by Crippen LogP contribution is -2.38. The third-order valence-corrected chi connectivity index (χ3v) is 5.90. The Labute approximate surface area is 163 Å². The van der Waals surface area contributed by atoms with Gasteiger partial charge in [0, 0.05) is 26.7 Å². The molecule has 28 heavy (non-hydrogen) atoms. The number of benzene rings is 1. The molecule has 0 saturated carbocycles. The van der Waals surface area contributed by atoms with Crippen LogP contribution < -0.4 is 11.2 Å². The molecule has 1 unspecified atom stereocenters. The highest BCUT2D eigenvalue weighted by Gasteiger charge is 2.24. The first-order chi connectivity index (χ1) is 13.5. The van der Waals surface area contributed by atoms with Gasteiger partial charge >= 0.3 is 5.69 Å². The van der Waals surface area contributed by atoms with E-state index in [9.17, 15) is 9.59 Å². The summed E-state index contributed by atoms with van der Waals surface area (Å²) < 4.78 is 4.63. The molecule has 0 spiro atoms. The summed E-state index contributed by atoms with van der Waals surface area (Å²) in [6, 6.07) is 10.6. The third kappa shape index (κ3) is 3.20. The Bertz CT molecular complexity index is 1110. The van der Waals surface area contributed by atoms with E-state index >= 15 is 0 Å². The molecule has 0 amide bonds. The number of piperidine rings is 1. The van der Waals surface area contributed by atoms with Gasteiger partial charge in [0.25, 0.3) is 5.56 Å². The Morgan fingerprint density at radius 1 is 1.04 bits per heavy atom. The quantitative estimate of drug-likeness (QED) is 0.692. The van der Waals surface area contributed by atoms with Crippen LogP contribution >= 0.6 is 0 Å². The van der Waals surface area contributed by atoms with Crippen LogP contribution in [0.25, 0.3) is 11.2 Å². The third-order valence-electron chi connectivity index (χ3n) is 5.90. The Morgan fingerprint density at radius 3 is 2.50 bits per heavy atom. The minimum absolute atomic E-state index is 0.292. The first-order valence-corrected chi connectivity index (χ1v) is 9.90. The predicted molar refractivity (Wildman–Crippen MR) is 109 cm³/mol. The van der Waals surface area contributed by atoms with Crippen LogP contribution in [0.4, 0.5) is 0 Å². The highest BCUT2D eigenvalue weighted by molar-refractivity contribution is 5.71. The van der Waals surface area contributed by atoms with Crippen LogP contribution in [0.15, 0.2) is 39.9 Å². The fraction of sp³-hybridized carbons (Fsp3) is 0.476. The number of nitrogens with zero attached hydrogens (tertiary/aromatic N) is 5. The molecule has 1 atom stereocenters. The van der Waals surface area contributed by atoms with E-state index in [0.717, 1.165) is 17.9 Å². The van der Waals surface area contributed by atoms with E-state index in [-0.39, 0.29) is 11.2 Å². The molecule has 1 aromatic carbocycles. The monoisotopic (exact) mass is 381 g/mol. The summed E-state index contributed by atoms with van der Waals surface area (Å²) in [5.41, 5.74) is 1.42. The number of imidazole rings is 1. The minimum atomic E-state index is -0.347. The summed E-state index contributed by atoms with van der Waals surface area (Å²) in [6.45, 7) is 4.52. The van der Waals surface area contributed by atoms with Crippen molar-refractivity contribution in [2.45, 2.75) is 45.3 Å². The van der Waals surface area contributed by atoms with Gasteiger partial charge in [0.2, 0.25) is 0 Å². The zero-order valence-electron chi connectivity index (χ0n) is 16.8. The van der Waals surface area contributed by atoms with Crippen molar-refractivity contribution in [2.75, 3.05) is 6.54 Å². The molecule has 1 aliphatic heterocycles. The molecule has 7 nitrogen and oxygen atoms in total. The molecule has 1 saturated heterocycles. The van der Waals surface area contributed by atoms with Gasteiger partial charge in [-0.3, -0.25) is 18.8 Å². The van der Waals surface area contributed by atoms with Crippen LogP contribution in [0, 0.1) is 0 Å². The zero-order chi connectivity index (χ0) is 19.8. The molecule has 0 aliphatic carbocycles. The second kappa shape index (κ2) is 7.39. The maximum Gasteiger partial charge on any atom is 0.332 e. The molecule has 148 valence electrons. The summed E-state index contributed by atoms with van der Waals surface area (Å²) in [5.74, 6) is 0.839. The van der Waals surface area contributed by atoms with Crippen molar-refractivity contribution in [3.8, 4) is 0 Å². The highest BCUT2D eigenvalue weighted by Crippen LogP contribution is 2.21. The van der Waals surface area contributed by atoms with Gasteiger partial charge in [0.15, 0.2) is 11.2 Å². The smallest absolute Gasteiger partial charge is 0.317 e. The van der Waals surface area contributed by atoms with Crippen molar-refractivity contribution >= 4 is 11.2 Å². The van der Waals surface area contributed by atoms with E-state index in [4.69, 9.17) is 4.98 Å². The molecule has 0 bridgehead atoms. The zero-order valence-corrected chi connectivity index (χ0v) is 16.8. The van der Waals surface area contributed by atoms with Crippen molar-refractivity contribution in [1.29, 1.82) is 0 Å². The molecule has 2 aromatic heterocycles. The Morgan fingerprint density at radius 2 is 1.79 bits per heavy atom. The SMILES string of the molecule is CC1CCCCN1Cc1nc2c(c(=O)n(C)c(=O)n2C)n1Cc1ccccc1. The second-order valence-corrected chi connectivity index (χ2v) is 7.79. The highest BCUT2D eigenvalue weighted by atomic mass is 16.2. The topological polar surface area (TPSA) is 65.1 Å². The predicted octanol–water partition coefficient (Wildman–Crippen LogP) is 1.86. The summed E-state index contributed by atoms with van der Waals surface area (Å²) in [5, 5.41) is 0. The van der Waals surface area contributed by atoms with E-state index in [1.165, 1.54) is 35.4 Å². The van der Waals surface area contributed by atoms with Gasteiger partial charge < -0.3 is 4.57 Å². The lowest BCUT2D eigenvalue weighted by Gasteiger charge is -2.33. The maximum absolute atomic E-state index is 13.0. The fourth-order valence-corrected chi connectivity index (χ4v) is 4.12. The van der Waals surface area contributed by atoms with Gasteiger partial charge in [-0.05, 0) is 31.9 Å². The molecular weight excluding hydrogens is 354 g/mol. The Kier molecular flexibility index (Phi) is 4.93. The maximum atomic E-state index is 13.0. The van der Waals surface area contributed by atoms with E-state index in [1.807, 2.05) is 34.9 Å². The standard InChI is InChI=1S/C21H27N5O2/c1-15-9-7-8-12-25(15)14-17-22-19-18(20(27)24(3)21(28)23(19)2)26(17)13-16-10-5-4-6-11-16/h4-6,10-11,15H,7-9,12-14H2,1-3H3. The second-order valence-electron chi connectivity index (χ2n) is 7.79. The fourth-order valence-electron chi connectivity index (χ4n) is 4.12. The van der Waals surface area contributed by atoms with Crippen LogP contribution in [0.2, 0.25) is 0 Å². The minimum Gasteiger partial charge on any atom is -0.317 e. The van der Waals surface area contributed by atoms with Gasteiger partial charge in [-0.2, -0.15) is 0 Å². The molecular formula is C21H27N5O2. The van der Waals surface area contributed by atoms with Crippen LogP contribution in [0.1, 0.15) is 37.6 Å². The van der Waals surface area contributed by atoms with Crippen molar-refractivity contribution in [3.63, 3.8) is 0 Å². The summed E-state index contributed by atoms with van der Waals surface area (Å²) >= 11 is 0. The number of aromatic nitrogens is 4. The average molecular weight is 381 g/mol. The summed E-state index contributed by atoms with van der Waals surface area (Å²) in [6.07, 6.45) is 3.62. The lowest BCUT2D eigenvalue weighted by molar-refractivity contribution is 0.147. The molecule has 0 N–H and O–H groups in total. The van der Waals surface area contributed by atoms with Gasteiger partial charge in [-0.15, -0.1) is 0 Å². The molecule has 1 aliphatic rings. The lowest BCUT2D eigenvalue weighted by atomic mass is 10.0.